The largest absolute Gasteiger partial charge is 0.147 e. The molecular formula is C13H25Cl2NTi. The van der Waals surface area contributed by atoms with E-state index < -0.39 is 0 Å². The van der Waals surface area contributed by atoms with Gasteiger partial charge in [0.2, 0.25) is 0 Å². The van der Waals surface area contributed by atoms with Gasteiger partial charge in [-0.05, 0) is 0 Å². The first-order valence-electron chi connectivity index (χ1n) is 5.92. The summed E-state index contributed by atoms with van der Waals surface area (Å²) in [5.41, 5.74) is 4.73. The van der Waals surface area contributed by atoms with Gasteiger partial charge in [-0.15, -0.1) is 24.8 Å². The minimum atomic E-state index is -0.0522. The second-order valence-corrected chi connectivity index (χ2v) is 6.53. The van der Waals surface area contributed by atoms with Crippen LogP contribution in [-0.4, -0.2) is 16.5 Å². The first kappa shape index (κ1) is 20.1. The molecule has 0 radical (unpaired) electrons. The Hall–Kier alpha value is 0.734. The van der Waals surface area contributed by atoms with Crippen LogP contribution in [-0.2, 0) is 19.4 Å². The summed E-state index contributed by atoms with van der Waals surface area (Å²) >= 11 is -0.0522. The van der Waals surface area contributed by atoms with E-state index in [1.54, 1.807) is 20.6 Å². The van der Waals surface area contributed by atoms with Crippen LogP contribution in [0.15, 0.2) is 20.6 Å². The average molecular weight is 314 g/mol. The van der Waals surface area contributed by atoms with Gasteiger partial charge in [0.15, 0.2) is 0 Å². The van der Waals surface area contributed by atoms with Crippen LogP contribution in [0.5, 0.6) is 0 Å². The molecule has 0 spiro atoms. The fourth-order valence-electron chi connectivity index (χ4n) is 2.10. The zero-order valence-electron chi connectivity index (χ0n) is 11.8. The van der Waals surface area contributed by atoms with Crippen LogP contribution < -0.4 is 0 Å². The summed E-state index contributed by atoms with van der Waals surface area (Å²) in [6.07, 6.45) is 0. The first-order valence-corrected chi connectivity index (χ1v) is 7.40. The summed E-state index contributed by atoms with van der Waals surface area (Å²) < 4.78 is 4.38. The smallest absolute Gasteiger partial charge is 0.147 e. The van der Waals surface area contributed by atoms with Gasteiger partial charge < -0.3 is 0 Å². The first-order chi connectivity index (χ1) is 7.02. The molecule has 1 atom stereocenters. The number of hydrogen-bond donors (Lipinski definition) is 0. The molecule has 17 heavy (non-hydrogen) atoms. The predicted molar refractivity (Wildman–Crippen MR) is 77.7 cm³/mol. The van der Waals surface area contributed by atoms with Crippen molar-refractivity contribution in [3.8, 4) is 0 Å². The van der Waals surface area contributed by atoms with Crippen molar-refractivity contribution in [2.45, 2.75) is 41.5 Å². The number of nitrogens with zero attached hydrogens (tertiary/aromatic N) is 1. The zero-order valence-corrected chi connectivity index (χ0v) is 14.9. The van der Waals surface area contributed by atoms with Crippen molar-refractivity contribution in [1.29, 1.82) is 0 Å². The predicted octanol–water partition coefficient (Wildman–Crippen LogP) is 4.43. The summed E-state index contributed by atoms with van der Waals surface area (Å²) in [5, 5.41) is 0. The van der Waals surface area contributed by atoms with Crippen molar-refractivity contribution in [1.82, 2.24) is 3.38 Å². The maximum absolute atomic E-state index is 2.63. The molecule has 0 aromatic carbocycles. The average Bonchev–Trinajstić information content (AvgIpc) is 2.42. The molecule has 0 heterocycles. The van der Waals surface area contributed by atoms with E-state index in [9.17, 15) is 0 Å². The minimum Gasteiger partial charge on any atom is -0.147 e. The topological polar surface area (TPSA) is 3.24 Å². The Labute approximate surface area is 128 Å². The summed E-state index contributed by atoms with van der Waals surface area (Å²) in [6.45, 7) is 16.2. The maximum Gasteiger partial charge on any atom is -0.147 e. The molecule has 4 heteroatoms. The molecule has 1 aliphatic carbocycles. The third-order valence-electron chi connectivity index (χ3n) is 3.68. The van der Waals surface area contributed by atoms with Crippen molar-refractivity contribution in [2.75, 3.05) is 13.1 Å². The standard InChI is InChI=1S/C9H13.C4H10N.2ClH.Ti/c1-6-5-7(2)9(4)8(6)3;1-3-5-4-2;;;/h6H,1-4H3;3-4H2,1-2H3;2*1H;/q;-1;;;+1. The van der Waals surface area contributed by atoms with E-state index in [1.807, 2.05) is 0 Å². The number of halogens is 2. The zero-order chi connectivity index (χ0) is 11.6. The molecule has 0 saturated heterocycles. The van der Waals surface area contributed by atoms with Gasteiger partial charge >= 0.3 is 104 Å². The summed E-state index contributed by atoms with van der Waals surface area (Å²) in [6, 6.07) is 0. The summed E-state index contributed by atoms with van der Waals surface area (Å²) in [7, 11) is 0. The molecule has 0 fully saturated rings. The maximum atomic E-state index is 2.63. The van der Waals surface area contributed by atoms with Crippen LogP contribution in [0.4, 0.5) is 0 Å². The molecular weight excluding hydrogens is 289 g/mol. The normalized spacial score (nSPS) is 19.4. The molecule has 0 amide bonds. The molecule has 0 aromatic heterocycles. The van der Waals surface area contributed by atoms with Crippen LogP contribution in [0.1, 0.15) is 41.5 Å². The van der Waals surface area contributed by atoms with Gasteiger partial charge in [0.05, 0.1) is 0 Å². The quantitative estimate of drug-likeness (QED) is 0.694. The van der Waals surface area contributed by atoms with Crippen LogP contribution in [0.3, 0.4) is 0 Å². The monoisotopic (exact) mass is 313 g/mol. The van der Waals surface area contributed by atoms with Crippen molar-refractivity contribution in [2.24, 2.45) is 5.92 Å². The Morgan fingerprint density at radius 2 is 1.47 bits per heavy atom. The molecule has 0 N–H and O–H groups in total. The molecule has 0 aromatic rings. The molecule has 1 aliphatic rings. The fraction of sp³-hybridized carbons (Fsp3) is 0.692. The Morgan fingerprint density at radius 1 is 1.00 bits per heavy atom. The van der Waals surface area contributed by atoms with Crippen LogP contribution in [0.2, 0.25) is 0 Å². The number of rotatable bonds is 4. The Balaban J connectivity index is 0. The van der Waals surface area contributed by atoms with Gasteiger partial charge in [0.1, 0.15) is 0 Å². The second-order valence-electron chi connectivity index (χ2n) is 4.35. The Morgan fingerprint density at radius 3 is 1.76 bits per heavy atom. The minimum absolute atomic E-state index is 0. The van der Waals surface area contributed by atoms with Gasteiger partial charge in [-0.25, -0.2) is 0 Å². The summed E-state index contributed by atoms with van der Waals surface area (Å²) in [4.78, 5) is 0. The van der Waals surface area contributed by atoms with E-state index >= 15 is 0 Å². The molecule has 1 rings (SSSR count). The van der Waals surface area contributed by atoms with Gasteiger partial charge in [-0.3, -0.25) is 0 Å². The number of hydrogen-bond acceptors (Lipinski definition) is 1. The molecule has 0 bridgehead atoms. The van der Waals surface area contributed by atoms with E-state index in [2.05, 4.69) is 44.9 Å². The van der Waals surface area contributed by atoms with Gasteiger partial charge in [0, 0.05) is 0 Å². The van der Waals surface area contributed by atoms with E-state index in [4.69, 9.17) is 0 Å². The molecule has 0 aliphatic heterocycles. The van der Waals surface area contributed by atoms with Crippen molar-refractivity contribution < 1.29 is 19.4 Å². The second kappa shape index (κ2) is 8.77. The third kappa shape index (κ3) is 4.40. The Kier molecular flexibility index (Phi) is 10.3. The fourth-order valence-corrected chi connectivity index (χ4v) is 4.32. The van der Waals surface area contributed by atoms with E-state index in [0.717, 1.165) is 0 Å². The van der Waals surface area contributed by atoms with Gasteiger partial charge in [-0.2, -0.15) is 0 Å². The Bertz CT molecular complexity index is 307. The van der Waals surface area contributed by atoms with Crippen molar-refractivity contribution in [3.63, 3.8) is 0 Å². The molecule has 1 unspecified atom stereocenters. The number of allylic oxidation sites excluding steroid dienone is 4. The van der Waals surface area contributed by atoms with Gasteiger partial charge in [0.25, 0.3) is 0 Å². The van der Waals surface area contributed by atoms with E-state index in [-0.39, 0.29) is 44.2 Å². The molecule has 0 saturated carbocycles. The van der Waals surface area contributed by atoms with E-state index in [1.165, 1.54) is 13.1 Å². The SMILES string of the molecule is CC[N](CC)[Ti][C]1=C(C)C(C)=C(C)C1C.Cl.Cl. The third-order valence-corrected chi connectivity index (χ3v) is 6.80. The van der Waals surface area contributed by atoms with Crippen LogP contribution in [0.25, 0.3) is 0 Å². The summed E-state index contributed by atoms with van der Waals surface area (Å²) in [5.74, 6) is 0.714. The van der Waals surface area contributed by atoms with Crippen LogP contribution in [0, 0.1) is 5.92 Å². The van der Waals surface area contributed by atoms with Gasteiger partial charge in [-0.1, -0.05) is 0 Å². The van der Waals surface area contributed by atoms with Crippen LogP contribution >= 0.6 is 24.8 Å². The van der Waals surface area contributed by atoms with Crippen molar-refractivity contribution in [3.05, 3.63) is 20.6 Å². The molecule has 100 valence electrons. The van der Waals surface area contributed by atoms with E-state index in [0.29, 0.717) is 5.92 Å². The van der Waals surface area contributed by atoms with Crippen molar-refractivity contribution >= 4 is 24.8 Å². The molecule has 1 nitrogen and oxygen atoms in total.